The lowest BCUT2D eigenvalue weighted by atomic mass is 9.99. The van der Waals surface area contributed by atoms with Gasteiger partial charge in [-0.25, -0.2) is 4.98 Å². The fraction of sp³-hybridized carbons (Fsp3) is 0.200. The van der Waals surface area contributed by atoms with E-state index in [1.54, 1.807) is 23.2 Å². The van der Waals surface area contributed by atoms with E-state index in [9.17, 15) is 9.90 Å². The quantitative estimate of drug-likeness (QED) is 0.661. The van der Waals surface area contributed by atoms with Gasteiger partial charge in [-0.2, -0.15) is 0 Å². The normalized spacial score (nSPS) is 14.5. The number of amides is 1. The molecule has 0 atom stereocenters. The highest BCUT2D eigenvalue weighted by Crippen LogP contribution is 2.32. The molecule has 132 valence electrons. The molecule has 0 radical (unpaired) electrons. The number of fused-ring (bicyclic) bond motifs is 1. The summed E-state index contributed by atoms with van der Waals surface area (Å²) < 4.78 is 0.542. The standard InChI is InChI=1S/C20H18BrN3O2/c1-12-9-15(18(25)17(21)10-12)20(26)24-7-4-13(5-8-24)16-11-23-19-14(16)3-2-6-22-19/h2-4,6,9-11,25H,5,7-8H2,1H3,(H,22,23). The van der Waals surface area contributed by atoms with Gasteiger partial charge in [0.2, 0.25) is 0 Å². The van der Waals surface area contributed by atoms with E-state index in [1.807, 2.05) is 19.2 Å². The van der Waals surface area contributed by atoms with Crippen LogP contribution in [0.15, 0.2) is 47.2 Å². The number of rotatable bonds is 2. The van der Waals surface area contributed by atoms with Crippen molar-refractivity contribution in [2.24, 2.45) is 0 Å². The predicted octanol–water partition coefficient (Wildman–Crippen LogP) is 4.27. The molecule has 3 aromatic rings. The number of aryl methyl sites for hydroxylation is 1. The number of hydrogen-bond acceptors (Lipinski definition) is 3. The van der Waals surface area contributed by atoms with E-state index in [-0.39, 0.29) is 11.7 Å². The molecule has 0 bridgehead atoms. The van der Waals surface area contributed by atoms with Gasteiger partial charge in [-0.05, 0) is 64.7 Å². The molecule has 5 nitrogen and oxygen atoms in total. The fourth-order valence-electron chi connectivity index (χ4n) is 3.39. The van der Waals surface area contributed by atoms with Crippen LogP contribution in [0.2, 0.25) is 0 Å². The van der Waals surface area contributed by atoms with Crippen LogP contribution in [0.4, 0.5) is 0 Å². The molecule has 3 heterocycles. The number of H-pyrrole nitrogens is 1. The number of nitrogens with one attached hydrogen (secondary N) is 1. The van der Waals surface area contributed by atoms with Crippen LogP contribution < -0.4 is 0 Å². The summed E-state index contributed by atoms with van der Waals surface area (Å²) in [6, 6.07) is 7.50. The number of nitrogens with zero attached hydrogens (tertiary/aromatic N) is 2. The highest BCUT2D eigenvalue weighted by atomic mass is 79.9. The van der Waals surface area contributed by atoms with Crippen LogP contribution in [-0.2, 0) is 0 Å². The van der Waals surface area contributed by atoms with Crippen molar-refractivity contribution < 1.29 is 9.90 Å². The molecule has 1 aliphatic rings. The number of phenols is 1. The molecule has 0 aliphatic carbocycles. The molecule has 1 aromatic carbocycles. The summed E-state index contributed by atoms with van der Waals surface area (Å²) in [5, 5.41) is 11.3. The maximum atomic E-state index is 12.8. The number of halogens is 1. The number of hydrogen-bond donors (Lipinski definition) is 2. The number of phenolic OH excluding ortho intramolecular Hbond substituents is 1. The van der Waals surface area contributed by atoms with Crippen molar-refractivity contribution in [2.75, 3.05) is 13.1 Å². The van der Waals surface area contributed by atoms with Gasteiger partial charge >= 0.3 is 0 Å². The zero-order valence-corrected chi connectivity index (χ0v) is 15.9. The summed E-state index contributed by atoms with van der Waals surface area (Å²) in [6.45, 7) is 3.04. The molecule has 4 rings (SSSR count). The van der Waals surface area contributed by atoms with Gasteiger partial charge in [0.15, 0.2) is 0 Å². The van der Waals surface area contributed by atoms with Crippen LogP contribution >= 0.6 is 15.9 Å². The molecule has 2 N–H and O–H groups in total. The van der Waals surface area contributed by atoms with E-state index >= 15 is 0 Å². The van der Waals surface area contributed by atoms with E-state index in [0.29, 0.717) is 23.1 Å². The second-order valence-electron chi connectivity index (χ2n) is 6.48. The van der Waals surface area contributed by atoms with Crippen LogP contribution in [-0.4, -0.2) is 39.0 Å². The van der Waals surface area contributed by atoms with Gasteiger partial charge < -0.3 is 15.0 Å². The van der Waals surface area contributed by atoms with E-state index in [4.69, 9.17) is 0 Å². The Kier molecular flexibility index (Phi) is 4.28. The highest BCUT2D eigenvalue weighted by molar-refractivity contribution is 9.10. The molecule has 2 aromatic heterocycles. The van der Waals surface area contributed by atoms with Gasteiger partial charge in [-0.1, -0.05) is 6.08 Å². The predicted molar refractivity (Wildman–Crippen MR) is 105 cm³/mol. The Balaban J connectivity index is 1.59. The summed E-state index contributed by atoms with van der Waals surface area (Å²) in [4.78, 5) is 22.1. The Bertz CT molecular complexity index is 1040. The number of carbonyl (C=O) groups excluding carboxylic acids is 1. The average molecular weight is 412 g/mol. The monoisotopic (exact) mass is 411 g/mol. The Morgan fingerprint density at radius 1 is 1.38 bits per heavy atom. The van der Waals surface area contributed by atoms with Gasteiger partial charge in [0.05, 0.1) is 10.0 Å². The van der Waals surface area contributed by atoms with Gasteiger partial charge in [0.1, 0.15) is 11.4 Å². The molecule has 26 heavy (non-hydrogen) atoms. The lowest BCUT2D eigenvalue weighted by Crippen LogP contribution is -2.34. The molecule has 0 saturated carbocycles. The first kappa shape index (κ1) is 16.8. The third kappa shape index (κ3) is 2.90. The molecular weight excluding hydrogens is 394 g/mol. The lowest BCUT2D eigenvalue weighted by molar-refractivity contribution is 0.0769. The number of pyridine rings is 1. The topological polar surface area (TPSA) is 69.2 Å². The Morgan fingerprint density at radius 2 is 2.23 bits per heavy atom. The molecule has 0 unspecified atom stereocenters. The third-order valence-electron chi connectivity index (χ3n) is 4.73. The third-order valence-corrected chi connectivity index (χ3v) is 5.34. The summed E-state index contributed by atoms with van der Waals surface area (Å²) in [5.41, 5.74) is 4.49. The van der Waals surface area contributed by atoms with E-state index in [1.165, 1.54) is 5.57 Å². The Hall–Kier alpha value is -2.60. The van der Waals surface area contributed by atoms with Gasteiger partial charge in [-0.3, -0.25) is 4.79 Å². The average Bonchev–Trinajstić information content (AvgIpc) is 3.08. The number of aromatic hydroxyl groups is 1. The van der Waals surface area contributed by atoms with Crippen LogP contribution in [0.5, 0.6) is 5.75 Å². The summed E-state index contributed by atoms with van der Waals surface area (Å²) >= 11 is 3.31. The Labute approximate surface area is 159 Å². The highest BCUT2D eigenvalue weighted by Gasteiger charge is 2.23. The Morgan fingerprint density at radius 3 is 3.00 bits per heavy atom. The van der Waals surface area contributed by atoms with Crippen molar-refractivity contribution in [1.29, 1.82) is 0 Å². The fourth-order valence-corrected chi connectivity index (χ4v) is 3.96. The number of benzene rings is 1. The summed E-state index contributed by atoms with van der Waals surface area (Å²) in [5.74, 6) is -0.152. The maximum Gasteiger partial charge on any atom is 0.257 e. The SMILES string of the molecule is Cc1cc(Br)c(O)c(C(=O)N2CC=C(c3c[nH]c4ncccc34)CC2)c1. The zero-order chi connectivity index (χ0) is 18.3. The molecule has 1 aliphatic heterocycles. The first-order valence-electron chi connectivity index (χ1n) is 8.44. The molecule has 0 fully saturated rings. The number of carbonyl (C=O) groups is 1. The van der Waals surface area contributed by atoms with E-state index < -0.39 is 0 Å². The summed E-state index contributed by atoms with van der Waals surface area (Å²) in [7, 11) is 0. The second-order valence-corrected chi connectivity index (χ2v) is 7.33. The first-order chi connectivity index (χ1) is 12.5. The van der Waals surface area contributed by atoms with Crippen molar-refractivity contribution in [2.45, 2.75) is 13.3 Å². The van der Waals surface area contributed by atoms with Crippen molar-refractivity contribution in [3.05, 3.63) is 63.9 Å². The molecule has 0 spiro atoms. The van der Waals surface area contributed by atoms with E-state index in [2.05, 4.69) is 38.0 Å². The van der Waals surface area contributed by atoms with Crippen LogP contribution in [0.3, 0.4) is 0 Å². The first-order valence-corrected chi connectivity index (χ1v) is 9.24. The number of aromatic nitrogens is 2. The zero-order valence-electron chi connectivity index (χ0n) is 14.3. The molecule has 6 heteroatoms. The number of aromatic amines is 1. The lowest BCUT2D eigenvalue weighted by Gasteiger charge is -2.27. The smallest absolute Gasteiger partial charge is 0.257 e. The van der Waals surface area contributed by atoms with Gasteiger partial charge in [-0.15, -0.1) is 0 Å². The second kappa shape index (κ2) is 6.61. The molecule has 0 saturated heterocycles. The minimum absolute atomic E-state index is 0.00178. The maximum absolute atomic E-state index is 12.8. The van der Waals surface area contributed by atoms with E-state index in [0.717, 1.165) is 28.6 Å². The molecule has 1 amide bonds. The largest absolute Gasteiger partial charge is 0.506 e. The van der Waals surface area contributed by atoms with Gasteiger partial charge in [0.25, 0.3) is 5.91 Å². The van der Waals surface area contributed by atoms with Crippen molar-refractivity contribution in [3.8, 4) is 5.75 Å². The minimum atomic E-state index is -0.150. The van der Waals surface area contributed by atoms with Gasteiger partial charge in [0, 0.05) is 36.4 Å². The van der Waals surface area contributed by atoms with Crippen LogP contribution in [0.25, 0.3) is 16.6 Å². The summed E-state index contributed by atoms with van der Waals surface area (Å²) in [6.07, 6.45) is 6.59. The van der Waals surface area contributed by atoms with Crippen molar-refractivity contribution in [3.63, 3.8) is 0 Å². The van der Waals surface area contributed by atoms with Crippen LogP contribution in [0.1, 0.15) is 27.9 Å². The minimum Gasteiger partial charge on any atom is -0.506 e. The van der Waals surface area contributed by atoms with Crippen LogP contribution in [0, 0.1) is 6.92 Å². The van der Waals surface area contributed by atoms with Crippen molar-refractivity contribution >= 4 is 38.4 Å². The van der Waals surface area contributed by atoms with Crippen molar-refractivity contribution in [1.82, 2.24) is 14.9 Å². The molecular formula is C20H18BrN3O2.